The number of rotatable bonds is 3. The van der Waals surface area contributed by atoms with Crippen molar-refractivity contribution in [2.75, 3.05) is 49.1 Å². The van der Waals surface area contributed by atoms with E-state index in [1.165, 1.54) is 28.0 Å². The van der Waals surface area contributed by atoms with Gasteiger partial charge in [-0.1, -0.05) is 17.4 Å². The normalized spacial score (nSPS) is 19.6. The van der Waals surface area contributed by atoms with E-state index >= 15 is 0 Å². The van der Waals surface area contributed by atoms with E-state index in [0.717, 1.165) is 55.4 Å². The molecule has 0 saturated carbocycles. The molecule has 2 fully saturated rings. The summed E-state index contributed by atoms with van der Waals surface area (Å²) in [6, 6.07) is 11.0. The third kappa shape index (κ3) is 4.18. The number of carbonyl (C=O) groups excluding carboxylic acids is 1. The van der Waals surface area contributed by atoms with E-state index in [4.69, 9.17) is 4.98 Å². The van der Waals surface area contributed by atoms with Gasteiger partial charge in [0.15, 0.2) is 5.13 Å². The van der Waals surface area contributed by atoms with Crippen LogP contribution in [-0.4, -0.2) is 55.1 Å². The Morgan fingerprint density at radius 2 is 1.78 bits per heavy atom. The number of benzene rings is 2. The molecule has 32 heavy (non-hydrogen) atoms. The number of thiazole rings is 1. The zero-order valence-corrected chi connectivity index (χ0v) is 19.5. The molecule has 7 heteroatoms. The van der Waals surface area contributed by atoms with Gasteiger partial charge < -0.3 is 14.7 Å². The molecule has 168 valence electrons. The predicted molar refractivity (Wildman–Crippen MR) is 129 cm³/mol. The molecule has 0 radical (unpaired) electrons. The van der Waals surface area contributed by atoms with Crippen molar-refractivity contribution >= 4 is 38.3 Å². The molecular formula is C25H29FN4OS. The van der Waals surface area contributed by atoms with Crippen LogP contribution in [0.5, 0.6) is 0 Å². The smallest absolute Gasteiger partial charge is 0.227 e. The molecule has 3 heterocycles. The lowest BCUT2D eigenvalue weighted by molar-refractivity contribution is -0.136. The van der Waals surface area contributed by atoms with Crippen molar-refractivity contribution in [1.29, 1.82) is 0 Å². The third-order valence-electron chi connectivity index (χ3n) is 6.64. The van der Waals surface area contributed by atoms with Gasteiger partial charge in [0, 0.05) is 45.0 Å². The number of amides is 1. The van der Waals surface area contributed by atoms with Gasteiger partial charge in [-0.05, 0) is 68.1 Å². The Kier molecular flexibility index (Phi) is 5.76. The number of nitrogens with zero attached hydrogens (tertiary/aromatic N) is 4. The molecule has 0 bridgehead atoms. The molecule has 5 nitrogen and oxygen atoms in total. The lowest BCUT2D eigenvalue weighted by atomic mass is 9.96. The summed E-state index contributed by atoms with van der Waals surface area (Å²) in [5, 5.41) is 1.03. The minimum Gasteiger partial charge on any atom is -0.368 e. The van der Waals surface area contributed by atoms with Gasteiger partial charge in [0.05, 0.1) is 16.1 Å². The number of piperidine rings is 1. The number of hydrogen-bond donors (Lipinski definition) is 0. The van der Waals surface area contributed by atoms with Crippen molar-refractivity contribution in [3.05, 3.63) is 53.3 Å². The van der Waals surface area contributed by atoms with Crippen LogP contribution in [0.4, 0.5) is 15.2 Å². The number of halogens is 1. The second-order valence-corrected chi connectivity index (χ2v) is 10.0. The Morgan fingerprint density at radius 1 is 1.03 bits per heavy atom. The topological polar surface area (TPSA) is 39.7 Å². The van der Waals surface area contributed by atoms with E-state index in [2.05, 4.69) is 35.8 Å². The lowest BCUT2D eigenvalue weighted by Crippen LogP contribution is -2.52. The number of aromatic nitrogens is 1. The first-order valence-electron chi connectivity index (χ1n) is 11.4. The van der Waals surface area contributed by atoms with Crippen molar-refractivity contribution in [2.45, 2.75) is 26.7 Å². The van der Waals surface area contributed by atoms with Crippen molar-refractivity contribution in [1.82, 2.24) is 9.88 Å². The molecule has 0 spiro atoms. The van der Waals surface area contributed by atoms with Gasteiger partial charge in [0.1, 0.15) is 5.82 Å². The minimum absolute atomic E-state index is 0.0240. The Labute approximate surface area is 192 Å². The Hall–Kier alpha value is -2.67. The van der Waals surface area contributed by atoms with Crippen molar-refractivity contribution < 1.29 is 9.18 Å². The fourth-order valence-corrected chi connectivity index (χ4v) is 6.12. The highest BCUT2D eigenvalue weighted by Crippen LogP contribution is 2.34. The average Bonchev–Trinajstić information content (AvgIpc) is 3.24. The molecule has 1 aromatic heterocycles. The highest BCUT2D eigenvalue weighted by molar-refractivity contribution is 7.22. The molecule has 2 saturated heterocycles. The Morgan fingerprint density at radius 3 is 2.53 bits per heavy atom. The second-order valence-electron chi connectivity index (χ2n) is 9.00. The number of hydrogen-bond acceptors (Lipinski definition) is 5. The molecule has 3 aromatic rings. The summed E-state index contributed by atoms with van der Waals surface area (Å²) in [4.78, 5) is 24.8. The fourth-order valence-electron chi connectivity index (χ4n) is 4.94. The highest BCUT2D eigenvalue weighted by atomic mass is 32.1. The zero-order chi connectivity index (χ0) is 22.2. The van der Waals surface area contributed by atoms with Crippen molar-refractivity contribution in [3.8, 4) is 0 Å². The molecule has 0 unspecified atom stereocenters. The molecular weight excluding hydrogens is 423 g/mol. The fraction of sp³-hybridized carbons (Fsp3) is 0.440. The first-order valence-corrected chi connectivity index (χ1v) is 12.2. The van der Waals surface area contributed by atoms with Crippen LogP contribution < -0.4 is 9.80 Å². The Bertz CT molecular complexity index is 1120. The van der Waals surface area contributed by atoms with Gasteiger partial charge in [0.25, 0.3) is 0 Å². The summed E-state index contributed by atoms with van der Waals surface area (Å²) in [6.07, 6.45) is 1.95. The van der Waals surface area contributed by atoms with Gasteiger partial charge in [-0.15, -0.1) is 0 Å². The van der Waals surface area contributed by atoms with Crippen LogP contribution in [-0.2, 0) is 4.79 Å². The highest BCUT2D eigenvalue weighted by Gasteiger charge is 2.32. The number of piperazine rings is 1. The summed E-state index contributed by atoms with van der Waals surface area (Å²) < 4.78 is 14.4. The van der Waals surface area contributed by atoms with Crippen LogP contribution in [0, 0.1) is 25.6 Å². The maximum Gasteiger partial charge on any atom is 0.227 e. The maximum atomic E-state index is 13.3. The van der Waals surface area contributed by atoms with Crippen LogP contribution in [0.25, 0.3) is 10.2 Å². The van der Waals surface area contributed by atoms with Gasteiger partial charge in [-0.2, -0.15) is 0 Å². The summed E-state index contributed by atoms with van der Waals surface area (Å²) in [7, 11) is 0. The molecule has 2 aromatic carbocycles. The van der Waals surface area contributed by atoms with Gasteiger partial charge in [-0.25, -0.2) is 9.37 Å². The molecule has 1 atom stereocenters. The van der Waals surface area contributed by atoms with E-state index in [1.807, 2.05) is 17.0 Å². The predicted octanol–water partition coefficient (Wildman–Crippen LogP) is 4.62. The number of anilines is 2. The van der Waals surface area contributed by atoms with Crippen LogP contribution in [0.1, 0.15) is 24.0 Å². The summed E-state index contributed by atoms with van der Waals surface area (Å²) >= 11 is 1.74. The molecule has 5 rings (SSSR count). The van der Waals surface area contributed by atoms with Crippen LogP contribution in [0.2, 0.25) is 0 Å². The van der Waals surface area contributed by atoms with Crippen LogP contribution in [0.15, 0.2) is 36.4 Å². The third-order valence-corrected chi connectivity index (χ3v) is 7.71. The standard InChI is InChI=1S/C25H29FN4OS/c1-17-14-18(2)23-22(15-17)32-25(27-23)30-9-3-4-19(16-30)24(31)29-12-10-28(11-13-29)21-7-5-20(26)6-8-21/h5-8,14-15,19H,3-4,9-13,16H2,1-2H3/t19-/m0/s1. The maximum absolute atomic E-state index is 13.3. The molecule has 0 aliphatic carbocycles. The summed E-state index contributed by atoms with van der Waals surface area (Å²) in [5.41, 5.74) is 4.58. The lowest BCUT2D eigenvalue weighted by Gasteiger charge is -2.39. The van der Waals surface area contributed by atoms with Crippen molar-refractivity contribution in [2.24, 2.45) is 5.92 Å². The van der Waals surface area contributed by atoms with Gasteiger partial charge in [0.2, 0.25) is 5.91 Å². The monoisotopic (exact) mass is 452 g/mol. The van der Waals surface area contributed by atoms with Gasteiger partial charge in [-0.3, -0.25) is 4.79 Å². The first kappa shape index (κ1) is 21.2. The molecule has 2 aliphatic heterocycles. The summed E-state index contributed by atoms with van der Waals surface area (Å²) in [6.45, 7) is 8.94. The van der Waals surface area contributed by atoms with E-state index < -0.39 is 0 Å². The van der Waals surface area contributed by atoms with Crippen molar-refractivity contribution in [3.63, 3.8) is 0 Å². The zero-order valence-electron chi connectivity index (χ0n) is 18.7. The van der Waals surface area contributed by atoms with E-state index in [1.54, 1.807) is 11.3 Å². The number of fused-ring (bicyclic) bond motifs is 1. The van der Waals surface area contributed by atoms with Gasteiger partial charge >= 0.3 is 0 Å². The van der Waals surface area contributed by atoms with Crippen LogP contribution >= 0.6 is 11.3 Å². The number of carbonyl (C=O) groups is 1. The van der Waals surface area contributed by atoms with Crippen LogP contribution in [0.3, 0.4) is 0 Å². The average molecular weight is 453 g/mol. The largest absolute Gasteiger partial charge is 0.368 e. The summed E-state index contributed by atoms with van der Waals surface area (Å²) in [5.74, 6) is 0.0698. The Balaban J connectivity index is 1.23. The number of aryl methyl sites for hydroxylation is 2. The van der Waals surface area contributed by atoms with E-state index in [-0.39, 0.29) is 17.6 Å². The SMILES string of the molecule is Cc1cc(C)c2nc(N3CCC[C@H](C(=O)N4CCN(c5ccc(F)cc5)CC4)C3)sc2c1. The molecule has 1 amide bonds. The quantitative estimate of drug-likeness (QED) is 0.582. The minimum atomic E-state index is -0.220. The van der Waals surface area contributed by atoms with E-state index in [0.29, 0.717) is 13.1 Å². The second kappa shape index (κ2) is 8.70. The molecule has 0 N–H and O–H groups in total. The van der Waals surface area contributed by atoms with E-state index in [9.17, 15) is 9.18 Å². The first-order chi connectivity index (χ1) is 15.5. The molecule has 2 aliphatic rings.